The molecule has 4 N–H and O–H groups in total. The third kappa shape index (κ3) is 8.52. The monoisotopic (exact) mass is 864 g/mol. The van der Waals surface area contributed by atoms with E-state index in [4.69, 9.17) is 19.4 Å². The smallest absolute Gasteiger partial charge is 0.407 e. The second-order valence-electron chi connectivity index (χ2n) is 17.8. The van der Waals surface area contributed by atoms with Crippen molar-refractivity contribution in [3.8, 4) is 33.6 Å². The number of methoxy groups -OCH3 is 2. The number of likely N-dealkylation sites (tertiary alicyclic amines) is 2. The number of nitrogens with one attached hydrogen (secondary N) is 4. The van der Waals surface area contributed by atoms with E-state index >= 15 is 0 Å². The van der Waals surface area contributed by atoms with Crippen LogP contribution < -0.4 is 10.6 Å². The third-order valence-corrected chi connectivity index (χ3v) is 13.5. The van der Waals surface area contributed by atoms with E-state index in [0.29, 0.717) is 13.1 Å². The van der Waals surface area contributed by atoms with E-state index in [1.165, 1.54) is 25.4 Å². The van der Waals surface area contributed by atoms with Gasteiger partial charge in [0.05, 0.1) is 50.1 Å². The second-order valence-corrected chi connectivity index (χ2v) is 17.8. The highest BCUT2D eigenvalue weighted by molar-refractivity contribution is 5.91. The normalized spacial score (nSPS) is 20.4. The van der Waals surface area contributed by atoms with Crippen molar-refractivity contribution in [2.75, 3.05) is 27.3 Å². The average Bonchev–Trinajstić information content (AvgIpc) is 4.18. The molecule has 14 heteroatoms. The molecule has 4 aliphatic rings. The van der Waals surface area contributed by atoms with Gasteiger partial charge in [0.25, 0.3) is 0 Å². The molecule has 5 atom stereocenters. The highest BCUT2D eigenvalue weighted by Gasteiger charge is 2.42. The Morgan fingerprint density at radius 1 is 0.703 bits per heavy atom. The number of aromatic nitrogens is 4. The number of rotatable bonds is 11. The van der Waals surface area contributed by atoms with Crippen molar-refractivity contribution in [3.05, 3.63) is 108 Å². The lowest BCUT2D eigenvalue weighted by Gasteiger charge is -2.31. The van der Waals surface area contributed by atoms with Gasteiger partial charge in [-0.3, -0.25) is 9.59 Å². The van der Waals surface area contributed by atoms with E-state index < -0.39 is 24.3 Å². The predicted octanol–water partition coefficient (Wildman–Crippen LogP) is 8.78. The van der Waals surface area contributed by atoms with Crippen LogP contribution in [0.5, 0.6) is 0 Å². The fourth-order valence-corrected chi connectivity index (χ4v) is 10.1. The zero-order chi connectivity index (χ0) is 44.5. The van der Waals surface area contributed by atoms with Gasteiger partial charge in [-0.15, -0.1) is 0 Å². The Morgan fingerprint density at radius 2 is 1.27 bits per heavy atom. The number of H-pyrrole nitrogens is 2. The molecule has 0 saturated carbocycles. The van der Waals surface area contributed by atoms with E-state index in [1.807, 2.05) is 36.0 Å². The summed E-state index contributed by atoms with van der Waals surface area (Å²) in [6, 6.07) is 19.4. The first-order chi connectivity index (χ1) is 31.1. The molecule has 9 rings (SSSR count). The number of amides is 4. The largest absolute Gasteiger partial charge is 0.453 e. The van der Waals surface area contributed by atoms with Crippen molar-refractivity contribution >= 4 is 34.8 Å². The minimum absolute atomic E-state index is 0.0135. The molecule has 1 unspecified atom stereocenters. The number of imidazole rings is 2. The van der Waals surface area contributed by atoms with Crippen LogP contribution in [0.3, 0.4) is 0 Å². The van der Waals surface area contributed by atoms with Crippen molar-refractivity contribution in [3.63, 3.8) is 0 Å². The van der Waals surface area contributed by atoms with Gasteiger partial charge < -0.3 is 39.9 Å². The zero-order valence-electron chi connectivity index (χ0n) is 36.9. The number of hydrogen-bond donors (Lipinski definition) is 4. The van der Waals surface area contributed by atoms with Gasteiger partial charge in [-0.05, 0) is 108 Å². The van der Waals surface area contributed by atoms with Crippen LogP contribution in [0.4, 0.5) is 9.59 Å². The van der Waals surface area contributed by atoms with Crippen LogP contribution in [0.1, 0.15) is 88.9 Å². The van der Waals surface area contributed by atoms with E-state index in [2.05, 4.69) is 93.4 Å². The summed E-state index contributed by atoms with van der Waals surface area (Å²) in [6.45, 7) is 5.01. The van der Waals surface area contributed by atoms with Gasteiger partial charge in [0.2, 0.25) is 11.8 Å². The summed E-state index contributed by atoms with van der Waals surface area (Å²) in [4.78, 5) is 72.6. The lowest BCUT2D eigenvalue weighted by atomic mass is 9.93. The Bertz CT molecular complexity index is 2630. The molecular formula is C50H56N8O6. The van der Waals surface area contributed by atoms with Gasteiger partial charge in [0.1, 0.15) is 23.7 Å². The molecule has 2 aromatic heterocycles. The van der Waals surface area contributed by atoms with Crippen LogP contribution >= 0.6 is 0 Å². The summed E-state index contributed by atoms with van der Waals surface area (Å²) < 4.78 is 9.74. The number of nitrogens with zero attached hydrogens (tertiary/aromatic N) is 4. The van der Waals surface area contributed by atoms with Crippen LogP contribution in [-0.4, -0.2) is 93.1 Å². The maximum atomic E-state index is 14.3. The van der Waals surface area contributed by atoms with Gasteiger partial charge in [-0.25, -0.2) is 19.6 Å². The van der Waals surface area contributed by atoms with Gasteiger partial charge >= 0.3 is 12.2 Å². The number of ether oxygens (including phenoxy) is 2. The standard InChI is InChI=1S/C50H56N8O6/c1-29(2)43(55-49(61)63-3)47(59)57-21-7-11-41(57)46-52-28-40(54-46)37-20-19-35-23-34(17-18-36(35)24-37)30-13-15-31(16-14-30)39-27-51-45(53-39)42-12-8-22-58(42)48(60)44(56-50(62)64-4)38-25-32-9-5-6-10-33(32)26-38/h5,9,13-20,23-24,27-29,38,41-44H,6-8,10-12,21-22,25-26H2,1-4H3,(H,51,53)(H,52,54)(H,55,61)(H,56,62)/t38?,41-,42-,43-,44-/m0/s1. The third-order valence-electron chi connectivity index (χ3n) is 13.5. The van der Waals surface area contributed by atoms with E-state index in [9.17, 15) is 19.2 Å². The highest BCUT2D eigenvalue weighted by Crippen LogP contribution is 2.41. The Balaban J connectivity index is 0.862. The SMILES string of the molecule is COC(=O)N[C@H](C(=O)N1CCC[C@H]1c1ncc(-c2ccc3cc(-c4ccc(-c5cnc([C@@H]6CCCN6C(=O)[C@@H](NC(=O)OC)C6CC7=C(CCC=C7)C6)[nH]5)cc4)ccc3c2)[nH]1)C(C)C. The lowest BCUT2D eigenvalue weighted by molar-refractivity contribution is -0.136. The molecular weight excluding hydrogens is 809 g/mol. The molecule has 64 heavy (non-hydrogen) atoms. The van der Waals surface area contributed by atoms with Crippen molar-refractivity contribution in [2.24, 2.45) is 11.8 Å². The topological polar surface area (TPSA) is 175 Å². The van der Waals surface area contributed by atoms with Crippen molar-refractivity contribution in [2.45, 2.75) is 89.4 Å². The molecule has 0 radical (unpaired) electrons. The van der Waals surface area contributed by atoms with Gasteiger partial charge in [0, 0.05) is 18.7 Å². The fourth-order valence-electron chi connectivity index (χ4n) is 10.1. The minimum Gasteiger partial charge on any atom is -0.453 e. The summed E-state index contributed by atoms with van der Waals surface area (Å²) in [5, 5.41) is 7.81. The number of carbonyl (C=O) groups excluding carboxylic acids is 4. The van der Waals surface area contributed by atoms with Crippen LogP contribution in [0.25, 0.3) is 44.4 Å². The molecule has 0 bridgehead atoms. The van der Waals surface area contributed by atoms with Gasteiger partial charge in [-0.2, -0.15) is 0 Å². The van der Waals surface area contributed by atoms with Gasteiger partial charge in [-0.1, -0.05) is 80.1 Å². The van der Waals surface area contributed by atoms with E-state index in [1.54, 1.807) is 0 Å². The predicted molar refractivity (Wildman–Crippen MR) is 244 cm³/mol. The first-order valence-corrected chi connectivity index (χ1v) is 22.5. The maximum Gasteiger partial charge on any atom is 0.407 e. The average molecular weight is 865 g/mol. The van der Waals surface area contributed by atoms with Crippen LogP contribution in [0.15, 0.2) is 96.4 Å². The van der Waals surface area contributed by atoms with Crippen molar-refractivity contribution in [1.82, 2.24) is 40.4 Å². The fraction of sp³-hybridized carbons (Fsp3) is 0.400. The summed E-state index contributed by atoms with van der Waals surface area (Å²) >= 11 is 0. The molecule has 0 spiro atoms. The Morgan fingerprint density at radius 3 is 1.89 bits per heavy atom. The first-order valence-electron chi connectivity index (χ1n) is 22.5. The second kappa shape index (κ2) is 18.2. The Hall–Kier alpha value is -6.70. The number of allylic oxidation sites excluding steroid dienone is 4. The Kier molecular flexibility index (Phi) is 12.1. The van der Waals surface area contributed by atoms with Crippen molar-refractivity contribution in [1.29, 1.82) is 0 Å². The van der Waals surface area contributed by atoms with E-state index in [0.717, 1.165) is 107 Å². The van der Waals surface area contributed by atoms with Crippen LogP contribution in [0, 0.1) is 11.8 Å². The molecule has 2 aliphatic carbocycles. The summed E-state index contributed by atoms with van der Waals surface area (Å²) in [5.41, 5.74) is 8.61. The minimum atomic E-state index is -0.689. The highest BCUT2D eigenvalue weighted by atomic mass is 16.5. The molecule has 4 heterocycles. The number of aromatic amines is 2. The van der Waals surface area contributed by atoms with E-state index in [-0.39, 0.29) is 35.7 Å². The van der Waals surface area contributed by atoms with Crippen LogP contribution in [-0.2, 0) is 19.1 Å². The quantitative estimate of drug-likeness (QED) is 0.102. The molecule has 14 nitrogen and oxygen atoms in total. The summed E-state index contributed by atoms with van der Waals surface area (Å²) in [7, 11) is 2.63. The Labute approximate surface area is 372 Å². The summed E-state index contributed by atoms with van der Waals surface area (Å²) in [6.07, 6.45) is 13.7. The first kappa shape index (κ1) is 42.6. The number of carbonyl (C=O) groups is 4. The molecule has 5 aromatic rings. The van der Waals surface area contributed by atoms with Crippen LogP contribution in [0.2, 0.25) is 0 Å². The number of benzene rings is 3. The van der Waals surface area contributed by atoms with Gasteiger partial charge in [0.15, 0.2) is 0 Å². The molecule has 3 aromatic carbocycles. The van der Waals surface area contributed by atoms with Crippen molar-refractivity contribution < 1.29 is 28.7 Å². The zero-order valence-corrected chi connectivity index (χ0v) is 36.9. The number of fused-ring (bicyclic) bond motifs is 1. The molecule has 4 amide bonds. The maximum absolute atomic E-state index is 14.3. The molecule has 2 fully saturated rings. The molecule has 2 aliphatic heterocycles. The number of alkyl carbamates (subject to hydrolysis) is 2. The molecule has 332 valence electrons. The lowest BCUT2D eigenvalue weighted by Crippen LogP contribution is -2.52. The summed E-state index contributed by atoms with van der Waals surface area (Å²) in [5.74, 6) is 1.14. The molecule has 2 saturated heterocycles. The number of hydrogen-bond acceptors (Lipinski definition) is 8.